The van der Waals surface area contributed by atoms with E-state index in [4.69, 9.17) is 8.92 Å². The Hall–Kier alpha value is -3.22. The zero-order chi connectivity index (χ0) is 29.6. The minimum absolute atomic E-state index is 0.294. The lowest BCUT2D eigenvalue weighted by Gasteiger charge is -2.15. The van der Waals surface area contributed by atoms with Crippen LogP contribution in [0.25, 0.3) is 27.4 Å². The molecule has 0 N–H and O–H groups in total. The SMILES string of the molecule is CC.COc1cc2ccccc2cc1-n1c(=O)ccc2cc(SOc3c(F)c(F)c(F)c(F)c3F)ccc21.SBr. The van der Waals surface area contributed by atoms with Crippen molar-refractivity contribution in [1.29, 1.82) is 0 Å². The third-order valence-electron chi connectivity index (χ3n) is 5.54. The van der Waals surface area contributed by atoms with Gasteiger partial charge in [-0.2, -0.15) is 8.78 Å². The Morgan fingerprint density at radius 2 is 1.32 bits per heavy atom. The maximum atomic E-state index is 13.9. The third-order valence-corrected chi connectivity index (χ3v) is 6.24. The van der Waals surface area contributed by atoms with Crippen LogP contribution in [0.5, 0.6) is 11.5 Å². The van der Waals surface area contributed by atoms with E-state index in [2.05, 4.69) is 25.9 Å². The predicted molar refractivity (Wildman–Crippen MR) is 156 cm³/mol. The number of nitrogens with zero attached hydrogens (tertiary/aromatic N) is 1. The first-order valence-electron chi connectivity index (χ1n) is 11.6. The number of hydrogen-bond donors (Lipinski definition) is 1. The summed E-state index contributed by atoms with van der Waals surface area (Å²) in [6.45, 7) is 4.00. The van der Waals surface area contributed by atoms with Crippen LogP contribution in [-0.4, -0.2) is 11.7 Å². The van der Waals surface area contributed by atoms with E-state index in [0.717, 1.165) is 10.8 Å². The first-order chi connectivity index (χ1) is 19.3. The Bertz CT molecular complexity index is 1700. The molecule has 210 valence electrons. The van der Waals surface area contributed by atoms with Crippen molar-refractivity contribution in [2.45, 2.75) is 18.7 Å². The van der Waals surface area contributed by atoms with E-state index >= 15 is 0 Å². The minimum Gasteiger partial charge on any atom is -0.495 e. The summed E-state index contributed by atoms with van der Waals surface area (Å²) in [6, 6.07) is 18.7. The largest absolute Gasteiger partial charge is 0.495 e. The Balaban J connectivity index is 0.00000106. The molecule has 0 amide bonds. The molecule has 40 heavy (non-hydrogen) atoms. The van der Waals surface area contributed by atoms with E-state index < -0.39 is 34.8 Å². The molecule has 0 radical (unpaired) electrons. The molecule has 0 bridgehead atoms. The van der Waals surface area contributed by atoms with Crippen LogP contribution >= 0.6 is 37.9 Å². The Morgan fingerprint density at radius 3 is 1.93 bits per heavy atom. The number of benzene rings is 4. The lowest BCUT2D eigenvalue weighted by molar-refractivity contribution is 0.355. The number of halogens is 6. The van der Waals surface area contributed by atoms with E-state index in [1.807, 2.05) is 50.2 Å². The number of pyridine rings is 1. The molecule has 1 heterocycles. The Kier molecular flexibility index (Phi) is 10.9. The summed E-state index contributed by atoms with van der Waals surface area (Å²) in [5.41, 5.74) is 0.677. The van der Waals surface area contributed by atoms with E-state index in [1.54, 1.807) is 18.2 Å². The van der Waals surface area contributed by atoms with Crippen molar-refractivity contribution in [3.05, 3.63) is 106 Å². The molecule has 0 aliphatic carbocycles. The van der Waals surface area contributed by atoms with Gasteiger partial charge >= 0.3 is 0 Å². The molecule has 4 nitrogen and oxygen atoms in total. The second-order valence-corrected chi connectivity index (χ2v) is 8.47. The molecule has 0 atom stereocenters. The number of fused-ring (bicyclic) bond motifs is 2. The van der Waals surface area contributed by atoms with E-state index in [1.165, 1.54) is 23.8 Å². The van der Waals surface area contributed by atoms with Gasteiger partial charge in [-0.3, -0.25) is 9.36 Å². The van der Waals surface area contributed by atoms with Gasteiger partial charge in [0.25, 0.3) is 5.56 Å². The molecule has 0 fully saturated rings. The van der Waals surface area contributed by atoms with Gasteiger partial charge in [-0.05, 0) is 62.0 Å². The molecular formula is C28H21BrF5NO3S2. The Labute approximate surface area is 243 Å². The van der Waals surface area contributed by atoms with Crippen LogP contribution in [0.15, 0.2) is 76.4 Å². The van der Waals surface area contributed by atoms with Crippen LogP contribution in [0, 0.1) is 29.1 Å². The molecule has 4 aromatic carbocycles. The molecule has 0 aliphatic rings. The first kappa shape index (κ1) is 31.3. The summed E-state index contributed by atoms with van der Waals surface area (Å²) in [4.78, 5) is 13.2. The Morgan fingerprint density at radius 1 is 0.750 bits per heavy atom. The van der Waals surface area contributed by atoms with Crippen molar-refractivity contribution in [3.63, 3.8) is 0 Å². The molecule has 0 aliphatic heterocycles. The second-order valence-electron chi connectivity index (χ2n) is 7.66. The van der Waals surface area contributed by atoms with E-state index in [9.17, 15) is 26.7 Å². The molecule has 0 spiro atoms. The van der Waals surface area contributed by atoms with Crippen LogP contribution in [-0.2, 0) is 0 Å². The summed E-state index contributed by atoms with van der Waals surface area (Å²) < 4.78 is 79.8. The number of thiol groups is 1. The average molecular weight is 659 g/mol. The van der Waals surface area contributed by atoms with Gasteiger partial charge in [0.15, 0.2) is 0 Å². The van der Waals surface area contributed by atoms with Gasteiger partial charge in [0.1, 0.15) is 5.75 Å². The lowest BCUT2D eigenvalue weighted by Crippen LogP contribution is -2.18. The normalized spacial score (nSPS) is 10.4. The van der Waals surface area contributed by atoms with Gasteiger partial charge in [-0.25, -0.2) is 13.2 Å². The van der Waals surface area contributed by atoms with Crippen molar-refractivity contribution in [1.82, 2.24) is 4.57 Å². The highest BCUT2D eigenvalue weighted by molar-refractivity contribution is 9.46. The molecule has 0 saturated carbocycles. The highest BCUT2D eigenvalue weighted by Gasteiger charge is 2.27. The number of methoxy groups -OCH3 is 1. The van der Waals surface area contributed by atoms with Gasteiger partial charge < -0.3 is 8.92 Å². The van der Waals surface area contributed by atoms with Gasteiger partial charge in [0, 0.05) is 16.3 Å². The number of aromatic nitrogens is 1. The highest BCUT2D eigenvalue weighted by Crippen LogP contribution is 2.35. The van der Waals surface area contributed by atoms with Crippen molar-refractivity contribution in [2.75, 3.05) is 7.11 Å². The van der Waals surface area contributed by atoms with Gasteiger partial charge in [0.05, 0.1) is 30.4 Å². The minimum atomic E-state index is -2.27. The summed E-state index contributed by atoms with van der Waals surface area (Å²) in [7, 11) is 1.50. The number of hydrogen-bond acceptors (Lipinski definition) is 5. The molecule has 5 rings (SSSR count). The fourth-order valence-corrected chi connectivity index (χ4v) is 4.44. The molecule has 1 aromatic heterocycles. The van der Waals surface area contributed by atoms with Gasteiger partial charge in [-0.15, -0.1) is 11.1 Å². The van der Waals surface area contributed by atoms with Gasteiger partial charge in [0.2, 0.25) is 34.8 Å². The lowest BCUT2D eigenvalue weighted by atomic mass is 10.1. The van der Waals surface area contributed by atoms with Crippen molar-refractivity contribution >= 4 is 59.6 Å². The smallest absolute Gasteiger partial charge is 0.255 e. The summed E-state index contributed by atoms with van der Waals surface area (Å²) >= 11 is 6.38. The number of ether oxygens (including phenoxy) is 1. The fourth-order valence-electron chi connectivity index (χ4n) is 3.82. The monoisotopic (exact) mass is 657 g/mol. The van der Waals surface area contributed by atoms with E-state index in [0.29, 0.717) is 39.3 Å². The fraction of sp³-hybridized carbons (Fsp3) is 0.107. The standard InChI is InChI=1S/C26H14F5NO3S.C2H6.BrHS/c1-34-19-12-14-5-3-2-4-13(14)11-18(19)32-17-8-7-16(10-15(17)6-9-20(32)33)36-35-26-24(30)22(28)21(27)23(29)25(26)31;2*1-2/h2-12H,1H3;1-2H3;2H. The average Bonchev–Trinajstić information content (AvgIpc) is 3.00. The highest BCUT2D eigenvalue weighted by atomic mass is 79.9. The topological polar surface area (TPSA) is 40.5 Å². The van der Waals surface area contributed by atoms with Crippen LogP contribution in [0.4, 0.5) is 22.0 Å². The van der Waals surface area contributed by atoms with Crippen molar-refractivity contribution in [3.8, 4) is 17.2 Å². The predicted octanol–water partition coefficient (Wildman–Crippen LogP) is 9.19. The van der Waals surface area contributed by atoms with Crippen LogP contribution in [0.1, 0.15) is 13.8 Å². The van der Waals surface area contributed by atoms with Crippen LogP contribution < -0.4 is 14.5 Å². The molecule has 12 heteroatoms. The van der Waals surface area contributed by atoms with E-state index in [-0.39, 0.29) is 5.56 Å². The maximum absolute atomic E-state index is 13.9. The second kappa shape index (κ2) is 13.9. The molecule has 5 aromatic rings. The summed E-state index contributed by atoms with van der Waals surface area (Å²) in [6.07, 6.45) is 0. The maximum Gasteiger partial charge on any atom is 0.255 e. The van der Waals surface area contributed by atoms with Crippen LogP contribution in [0.2, 0.25) is 0 Å². The molecule has 0 unspecified atom stereocenters. The summed E-state index contributed by atoms with van der Waals surface area (Å²) in [5.74, 6) is -11.5. The number of rotatable bonds is 5. The van der Waals surface area contributed by atoms with Gasteiger partial charge in [-0.1, -0.05) is 38.1 Å². The van der Waals surface area contributed by atoms with Crippen molar-refractivity contribution in [2.24, 2.45) is 0 Å². The summed E-state index contributed by atoms with van der Waals surface area (Å²) in [5, 5.41) is 2.37. The zero-order valence-corrected chi connectivity index (χ0v) is 24.4. The third kappa shape index (κ3) is 6.08. The van der Waals surface area contributed by atoms with Crippen LogP contribution in [0.3, 0.4) is 0 Å². The molecule has 0 saturated heterocycles. The zero-order valence-electron chi connectivity index (χ0n) is 21.1. The molecular weight excluding hydrogens is 637 g/mol. The quantitative estimate of drug-likeness (QED) is 0.0673. The first-order valence-corrected chi connectivity index (χ1v) is 14.8. The van der Waals surface area contributed by atoms with Crippen molar-refractivity contribution < 1.29 is 30.9 Å².